The van der Waals surface area contributed by atoms with Crippen molar-refractivity contribution in [3.05, 3.63) is 44.7 Å². The highest BCUT2D eigenvalue weighted by atomic mass is 127. The molecular formula is C22H21ClIN3O7S. The van der Waals surface area contributed by atoms with E-state index in [0.717, 1.165) is 15.3 Å². The van der Waals surface area contributed by atoms with Crippen LogP contribution in [-0.2, 0) is 33.3 Å². The number of ether oxygens (including phenoxy) is 4. The van der Waals surface area contributed by atoms with E-state index in [1.54, 1.807) is 30.6 Å². The van der Waals surface area contributed by atoms with Gasteiger partial charge in [-0.15, -0.1) is 0 Å². The van der Waals surface area contributed by atoms with Gasteiger partial charge in [0, 0.05) is 36.9 Å². The third kappa shape index (κ3) is 7.09. The maximum atomic E-state index is 12.1. The third-order valence-corrected chi connectivity index (χ3v) is 6.85. The second-order valence-corrected chi connectivity index (χ2v) is 10.3. The van der Waals surface area contributed by atoms with Gasteiger partial charge >= 0.3 is 17.9 Å². The molecule has 0 amide bonds. The lowest BCUT2D eigenvalue weighted by molar-refractivity contribution is -0.212. The van der Waals surface area contributed by atoms with Crippen LogP contribution in [0.15, 0.2) is 35.5 Å². The molecule has 1 aliphatic heterocycles. The van der Waals surface area contributed by atoms with Crippen molar-refractivity contribution in [3.63, 3.8) is 0 Å². The summed E-state index contributed by atoms with van der Waals surface area (Å²) in [6.07, 6.45) is 0.354. The number of hydrogen-bond acceptors (Lipinski definition) is 10. The number of nitriles is 1. The summed E-state index contributed by atoms with van der Waals surface area (Å²) in [5.41, 5.74) is -0.558. The monoisotopic (exact) mass is 633 g/mol. The quantitative estimate of drug-likeness (QED) is 0.254. The number of aromatic nitrogens is 2. The number of nitrogens with zero attached hydrogens (tertiary/aromatic N) is 3. The van der Waals surface area contributed by atoms with Crippen LogP contribution in [-0.4, -0.2) is 58.0 Å². The Kier molecular flexibility index (Phi) is 9.40. The fourth-order valence-corrected chi connectivity index (χ4v) is 5.45. The van der Waals surface area contributed by atoms with Gasteiger partial charge in [-0.25, -0.2) is 0 Å². The van der Waals surface area contributed by atoms with Gasteiger partial charge in [-0.1, -0.05) is 23.4 Å². The lowest BCUT2D eigenvalue weighted by Crippen LogP contribution is -2.57. The first-order valence-corrected chi connectivity index (χ1v) is 12.6. The lowest BCUT2D eigenvalue weighted by atomic mass is 9.96. The molecule has 35 heavy (non-hydrogen) atoms. The molecular weight excluding hydrogens is 613 g/mol. The first-order chi connectivity index (χ1) is 16.6. The molecule has 1 saturated heterocycles. The molecule has 10 nitrogen and oxygen atoms in total. The Hall–Kier alpha value is -2.34. The van der Waals surface area contributed by atoms with Crippen LogP contribution in [0.5, 0.6) is 0 Å². The average molecular weight is 634 g/mol. The van der Waals surface area contributed by atoms with Gasteiger partial charge in [0.15, 0.2) is 12.2 Å². The summed E-state index contributed by atoms with van der Waals surface area (Å²) in [5, 5.41) is 14.3. The molecule has 1 aromatic heterocycles. The molecule has 1 aromatic carbocycles. The highest BCUT2D eigenvalue weighted by Crippen LogP contribution is 2.42. The second kappa shape index (κ2) is 12.1. The van der Waals surface area contributed by atoms with E-state index in [9.17, 15) is 19.6 Å². The number of carbonyl (C=O) groups excluding carboxylic acids is 3. The fraction of sp³-hybridized carbons (Fsp3) is 0.409. The smallest absolute Gasteiger partial charge is 0.303 e. The normalized spacial score (nSPS) is 23.7. The molecule has 3 unspecified atom stereocenters. The molecule has 0 N–H and O–H groups in total. The van der Waals surface area contributed by atoms with Gasteiger partial charge in [0.05, 0.1) is 15.3 Å². The van der Waals surface area contributed by atoms with E-state index in [1.807, 2.05) is 0 Å². The molecule has 2 heterocycles. The van der Waals surface area contributed by atoms with Crippen LogP contribution >= 0.6 is 46.0 Å². The van der Waals surface area contributed by atoms with Crippen molar-refractivity contribution in [3.8, 4) is 6.07 Å². The number of rotatable bonds is 7. The van der Waals surface area contributed by atoms with Crippen molar-refractivity contribution in [2.24, 2.45) is 0 Å². The van der Waals surface area contributed by atoms with Gasteiger partial charge in [-0.3, -0.25) is 19.1 Å². The molecule has 186 valence electrons. The van der Waals surface area contributed by atoms with Gasteiger partial charge in [0.2, 0.25) is 0 Å². The Balaban J connectivity index is 2.11. The summed E-state index contributed by atoms with van der Waals surface area (Å²) in [5.74, 6) is -1.75. The summed E-state index contributed by atoms with van der Waals surface area (Å²) < 4.78 is 25.0. The van der Waals surface area contributed by atoms with Crippen LogP contribution in [0.25, 0.3) is 0 Å². The Labute approximate surface area is 224 Å². The molecule has 0 aliphatic carbocycles. The van der Waals surface area contributed by atoms with Crippen LogP contribution in [0.4, 0.5) is 0 Å². The molecule has 5 atom stereocenters. The van der Waals surface area contributed by atoms with Gasteiger partial charge in [0.1, 0.15) is 30.3 Å². The second-order valence-electron chi connectivity index (χ2n) is 7.49. The summed E-state index contributed by atoms with van der Waals surface area (Å²) in [6, 6.07) is 6.03. The molecule has 0 spiro atoms. The number of halogens is 2. The third-order valence-electron chi connectivity index (χ3n) is 4.85. The SMILES string of the molecule is CC(=O)OCC1O[C@H](Sc2cc(Cl)ccc2C#N)C(OC(C)=O)C(n2cc(I)cn2)[C@H]1OC(C)=O. The van der Waals surface area contributed by atoms with Gasteiger partial charge < -0.3 is 18.9 Å². The van der Waals surface area contributed by atoms with Crippen LogP contribution in [0, 0.1) is 14.9 Å². The van der Waals surface area contributed by atoms with Crippen LogP contribution in [0.1, 0.15) is 32.4 Å². The number of benzene rings is 1. The molecule has 1 fully saturated rings. The minimum Gasteiger partial charge on any atom is -0.463 e. The average Bonchev–Trinajstić information content (AvgIpc) is 3.19. The Morgan fingerprint density at radius 2 is 1.89 bits per heavy atom. The molecule has 0 radical (unpaired) electrons. The van der Waals surface area contributed by atoms with E-state index in [4.69, 9.17) is 30.5 Å². The van der Waals surface area contributed by atoms with E-state index < -0.39 is 47.7 Å². The lowest BCUT2D eigenvalue weighted by Gasteiger charge is -2.45. The van der Waals surface area contributed by atoms with Crippen LogP contribution < -0.4 is 0 Å². The maximum absolute atomic E-state index is 12.1. The topological polar surface area (TPSA) is 130 Å². The van der Waals surface area contributed by atoms with E-state index in [2.05, 4.69) is 33.8 Å². The van der Waals surface area contributed by atoms with Crippen molar-refractivity contribution >= 4 is 63.9 Å². The van der Waals surface area contributed by atoms with E-state index in [1.165, 1.54) is 25.5 Å². The summed E-state index contributed by atoms with van der Waals surface area (Å²) >= 11 is 9.34. The zero-order valence-electron chi connectivity index (χ0n) is 18.8. The molecule has 0 bridgehead atoms. The highest BCUT2D eigenvalue weighted by Gasteiger charge is 2.52. The van der Waals surface area contributed by atoms with Crippen molar-refractivity contribution < 1.29 is 33.3 Å². The predicted molar refractivity (Wildman–Crippen MR) is 132 cm³/mol. The standard InChI is InChI=1S/C22H21ClIN3O7S/c1-11(28)31-10-17-20(32-12(2)29)19(27-9-16(24)8-26-27)21(33-13(3)30)22(34-17)35-18-6-15(23)5-4-14(18)7-25/h4-6,8-9,17,19-22H,10H2,1-3H3/t17?,19?,20-,21?,22+/m0/s1. The fourth-order valence-electron chi connectivity index (χ4n) is 3.57. The number of carbonyl (C=O) groups is 3. The Bertz CT molecular complexity index is 1150. The van der Waals surface area contributed by atoms with E-state index >= 15 is 0 Å². The van der Waals surface area contributed by atoms with Crippen molar-refractivity contribution in [1.82, 2.24) is 9.78 Å². The molecule has 2 aromatic rings. The maximum Gasteiger partial charge on any atom is 0.303 e. The van der Waals surface area contributed by atoms with Crippen molar-refractivity contribution in [2.75, 3.05) is 6.61 Å². The molecule has 1 aliphatic rings. The molecule has 0 saturated carbocycles. The Morgan fingerprint density at radius 1 is 1.20 bits per heavy atom. The Morgan fingerprint density at radius 3 is 2.46 bits per heavy atom. The van der Waals surface area contributed by atoms with Gasteiger partial charge in [0.25, 0.3) is 0 Å². The summed E-state index contributed by atoms with van der Waals surface area (Å²) in [7, 11) is 0. The summed E-state index contributed by atoms with van der Waals surface area (Å²) in [4.78, 5) is 36.2. The number of thioether (sulfide) groups is 1. The van der Waals surface area contributed by atoms with Crippen LogP contribution in [0.2, 0.25) is 5.02 Å². The zero-order chi connectivity index (χ0) is 25.7. The van der Waals surface area contributed by atoms with E-state index in [-0.39, 0.29) is 6.61 Å². The van der Waals surface area contributed by atoms with Crippen molar-refractivity contribution in [2.45, 2.75) is 55.5 Å². The first-order valence-electron chi connectivity index (χ1n) is 10.3. The number of esters is 3. The van der Waals surface area contributed by atoms with Gasteiger partial charge in [-0.05, 0) is 40.8 Å². The van der Waals surface area contributed by atoms with Crippen LogP contribution in [0.3, 0.4) is 0 Å². The zero-order valence-corrected chi connectivity index (χ0v) is 22.6. The molecule has 3 rings (SSSR count). The van der Waals surface area contributed by atoms with Gasteiger partial charge in [-0.2, -0.15) is 10.4 Å². The predicted octanol–water partition coefficient (Wildman–Crippen LogP) is 3.50. The minimum absolute atomic E-state index is 0.230. The largest absolute Gasteiger partial charge is 0.463 e. The summed E-state index contributed by atoms with van der Waals surface area (Å²) in [6.45, 7) is 3.50. The van der Waals surface area contributed by atoms with Crippen molar-refractivity contribution in [1.29, 1.82) is 5.26 Å². The first kappa shape index (κ1) is 27.3. The molecule has 13 heteroatoms. The number of hydrogen-bond donors (Lipinski definition) is 0. The minimum atomic E-state index is -1.02. The van der Waals surface area contributed by atoms with E-state index in [0.29, 0.717) is 15.5 Å². The highest BCUT2D eigenvalue weighted by molar-refractivity contribution is 14.1.